The first-order chi connectivity index (χ1) is 13.7. The summed E-state index contributed by atoms with van der Waals surface area (Å²) in [5.41, 5.74) is 4.45. The van der Waals surface area contributed by atoms with Gasteiger partial charge in [0.2, 0.25) is 0 Å². The molecule has 0 unspecified atom stereocenters. The summed E-state index contributed by atoms with van der Waals surface area (Å²) in [4.78, 5) is 6.53. The van der Waals surface area contributed by atoms with Crippen LogP contribution in [0.2, 0.25) is 0 Å². The smallest absolute Gasteiger partial charge is 0.173 e. The Morgan fingerprint density at radius 3 is 2.86 bits per heavy atom. The molecule has 0 aliphatic carbocycles. The van der Waals surface area contributed by atoms with Gasteiger partial charge >= 0.3 is 0 Å². The van der Waals surface area contributed by atoms with Crippen molar-refractivity contribution in [2.75, 3.05) is 36.4 Å². The highest BCUT2D eigenvalue weighted by atomic mass is 19.1. The molecule has 0 radical (unpaired) electrons. The fraction of sp³-hybridized carbons (Fsp3) is 0.250. The Bertz CT molecular complexity index is 1160. The largest absolute Gasteiger partial charge is 0.369 e. The number of benzene rings is 1. The number of nitrogens with zero attached hydrogens (tertiary/aromatic N) is 5. The van der Waals surface area contributed by atoms with Crippen LogP contribution < -0.4 is 15.5 Å². The van der Waals surface area contributed by atoms with Crippen molar-refractivity contribution in [2.45, 2.75) is 6.92 Å². The summed E-state index contributed by atoms with van der Waals surface area (Å²) in [6, 6.07) is 7.65. The number of hydrogen-bond donors (Lipinski definition) is 2. The minimum Gasteiger partial charge on any atom is -0.369 e. The van der Waals surface area contributed by atoms with Crippen LogP contribution in [0.3, 0.4) is 0 Å². The van der Waals surface area contributed by atoms with Crippen LogP contribution in [0, 0.1) is 12.7 Å². The monoisotopic (exact) mass is 377 g/mol. The molecule has 0 bridgehead atoms. The van der Waals surface area contributed by atoms with Gasteiger partial charge in [0.15, 0.2) is 11.5 Å². The number of rotatable bonds is 3. The van der Waals surface area contributed by atoms with E-state index in [1.54, 1.807) is 16.8 Å². The lowest BCUT2D eigenvalue weighted by atomic mass is 10.1. The number of pyridine rings is 1. The van der Waals surface area contributed by atoms with Crippen LogP contribution in [0.5, 0.6) is 0 Å². The topological polar surface area (TPSA) is 70.4 Å². The quantitative estimate of drug-likeness (QED) is 0.572. The molecule has 1 aliphatic rings. The summed E-state index contributed by atoms with van der Waals surface area (Å²) in [6.45, 7) is 5.75. The number of aromatic nitrogens is 4. The molecule has 2 N–H and O–H groups in total. The molecule has 0 saturated carbocycles. The highest BCUT2D eigenvalue weighted by molar-refractivity contribution is 5.94. The second-order valence-corrected chi connectivity index (χ2v) is 7.01. The van der Waals surface area contributed by atoms with E-state index in [-0.39, 0.29) is 5.82 Å². The fourth-order valence-corrected chi connectivity index (χ4v) is 3.67. The van der Waals surface area contributed by atoms with Crippen LogP contribution in [0.15, 0.2) is 42.9 Å². The molecule has 0 amide bonds. The third kappa shape index (κ3) is 3.01. The summed E-state index contributed by atoms with van der Waals surface area (Å²) in [6.07, 6.45) is 5.28. The number of hydrogen-bond acceptors (Lipinski definition) is 6. The van der Waals surface area contributed by atoms with E-state index in [2.05, 4.69) is 42.8 Å². The molecular formula is C20H20FN7. The van der Waals surface area contributed by atoms with Crippen molar-refractivity contribution in [1.29, 1.82) is 0 Å². The SMILES string of the molecule is Cc1cn2cc(Nc3cnnc4cc(N5CCNCC5)ccc34)cc(F)c2n1. The van der Waals surface area contributed by atoms with Crippen LogP contribution in [0.25, 0.3) is 16.6 Å². The zero-order chi connectivity index (χ0) is 19.1. The highest BCUT2D eigenvalue weighted by Gasteiger charge is 2.13. The van der Waals surface area contributed by atoms with Gasteiger partial charge in [0.25, 0.3) is 0 Å². The number of nitrogens with one attached hydrogen (secondary N) is 2. The molecule has 5 rings (SSSR count). The van der Waals surface area contributed by atoms with Crippen molar-refractivity contribution in [3.63, 3.8) is 0 Å². The number of halogens is 1. The van der Waals surface area contributed by atoms with E-state index >= 15 is 0 Å². The zero-order valence-electron chi connectivity index (χ0n) is 15.5. The first-order valence-electron chi connectivity index (χ1n) is 9.30. The van der Waals surface area contributed by atoms with E-state index in [9.17, 15) is 4.39 Å². The predicted octanol–water partition coefficient (Wildman–Crippen LogP) is 2.88. The lowest BCUT2D eigenvalue weighted by molar-refractivity contribution is 0.589. The van der Waals surface area contributed by atoms with E-state index in [1.165, 1.54) is 6.07 Å². The average molecular weight is 377 g/mol. The van der Waals surface area contributed by atoms with E-state index in [0.29, 0.717) is 11.3 Å². The molecular weight excluding hydrogens is 357 g/mol. The minimum absolute atomic E-state index is 0.321. The van der Waals surface area contributed by atoms with Crippen molar-refractivity contribution >= 4 is 33.6 Å². The second kappa shape index (κ2) is 6.72. The van der Waals surface area contributed by atoms with Gasteiger partial charge in [0.1, 0.15) is 0 Å². The predicted molar refractivity (Wildman–Crippen MR) is 108 cm³/mol. The maximum atomic E-state index is 14.4. The maximum absolute atomic E-state index is 14.4. The molecule has 1 aromatic carbocycles. The van der Waals surface area contributed by atoms with Gasteiger partial charge in [-0.2, -0.15) is 10.2 Å². The van der Waals surface area contributed by atoms with Gasteiger partial charge in [0.05, 0.1) is 28.8 Å². The highest BCUT2D eigenvalue weighted by Crippen LogP contribution is 2.28. The summed E-state index contributed by atoms with van der Waals surface area (Å²) >= 11 is 0. The zero-order valence-corrected chi connectivity index (χ0v) is 15.5. The molecule has 1 fully saturated rings. The van der Waals surface area contributed by atoms with Crippen LogP contribution in [0.4, 0.5) is 21.5 Å². The molecule has 142 valence electrons. The lowest BCUT2D eigenvalue weighted by Gasteiger charge is -2.29. The summed E-state index contributed by atoms with van der Waals surface area (Å²) in [5.74, 6) is -0.370. The van der Waals surface area contributed by atoms with Crippen molar-refractivity contribution in [3.8, 4) is 0 Å². The van der Waals surface area contributed by atoms with Gasteiger partial charge in [-0.3, -0.25) is 0 Å². The number of fused-ring (bicyclic) bond motifs is 2. The van der Waals surface area contributed by atoms with Crippen LogP contribution in [-0.2, 0) is 0 Å². The van der Waals surface area contributed by atoms with Crippen molar-refractivity contribution in [2.24, 2.45) is 0 Å². The molecule has 1 aliphatic heterocycles. The van der Waals surface area contributed by atoms with E-state index in [1.807, 2.05) is 19.2 Å². The first kappa shape index (κ1) is 16.9. The molecule has 7 nitrogen and oxygen atoms in total. The average Bonchev–Trinajstić information content (AvgIpc) is 3.09. The standard InChI is InChI=1S/C20H20FN7/c1-13-11-28-12-14(8-17(21)20(28)24-13)25-19-10-23-26-18-9-15(2-3-16(18)19)27-6-4-22-5-7-27/h2-3,8-12,22H,4-7H2,1H3,(H,25,26). The van der Waals surface area contributed by atoms with E-state index in [0.717, 1.165) is 54.2 Å². The molecule has 4 aromatic rings. The van der Waals surface area contributed by atoms with Crippen molar-refractivity contribution < 1.29 is 4.39 Å². The molecule has 1 saturated heterocycles. The Balaban J connectivity index is 1.50. The Kier molecular flexibility index (Phi) is 4.05. The van der Waals surface area contributed by atoms with Gasteiger partial charge in [-0.1, -0.05) is 0 Å². The molecule has 4 heterocycles. The molecule has 0 atom stereocenters. The number of anilines is 3. The third-order valence-corrected chi connectivity index (χ3v) is 5.01. The Morgan fingerprint density at radius 1 is 1.14 bits per heavy atom. The van der Waals surface area contributed by atoms with Gasteiger partial charge < -0.3 is 19.9 Å². The first-order valence-corrected chi connectivity index (χ1v) is 9.30. The van der Waals surface area contributed by atoms with Gasteiger partial charge in [-0.05, 0) is 25.1 Å². The summed E-state index contributed by atoms with van der Waals surface area (Å²) in [5, 5.41) is 16.0. The van der Waals surface area contributed by atoms with E-state index in [4.69, 9.17) is 0 Å². The van der Waals surface area contributed by atoms with Crippen LogP contribution >= 0.6 is 0 Å². The normalized spacial score (nSPS) is 14.7. The lowest BCUT2D eigenvalue weighted by Crippen LogP contribution is -2.43. The number of aryl methyl sites for hydroxylation is 1. The van der Waals surface area contributed by atoms with Gasteiger partial charge in [0, 0.05) is 55.7 Å². The maximum Gasteiger partial charge on any atom is 0.173 e. The number of piperazine rings is 1. The molecule has 0 spiro atoms. The summed E-state index contributed by atoms with van der Waals surface area (Å²) in [7, 11) is 0. The van der Waals surface area contributed by atoms with Gasteiger partial charge in [-0.25, -0.2) is 9.37 Å². The Hall–Kier alpha value is -3.26. The Labute approximate surface area is 161 Å². The van der Waals surface area contributed by atoms with E-state index < -0.39 is 0 Å². The van der Waals surface area contributed by atoms with Crippen LogP contribution in [-0.4, -0.2) is 45.8 Å². The molecule has 8 heteroatoms. The molecule has 3 aromatic heterocycles. The summed E-state index contributed by atoms with van der Waals surface area (Å²) < 4.78 is 16.1. The number of imidazole rings is 1. The molecule has 28 heavy (non-hydrogen) atoms. The fourth-order valence-electron chi connectivity index (χ4n) is 3.67. The van der Waals surface area contributed by atoms with Crippen molar-refractivity contribution in [1.82, 2.24) is 24.9 Å². The Morgan fingerprint density at radius 2 is 2.00 bits per heavy atom. The second-order valence-electron chi connectivity index (χ2n) is 7.01. The van der Waals surface area contributed by atoms with Crippen LogP contribution in [0.1, 0.15) is 5.69 Å². The minimum atomic E-state index is -0.370. The van der Waals surface area contributed by atoms with Crippen molar-refractivity contribution in [3.05, 3.63) is 54.4 Å². The van der Waals surface area contributed by atoms with Gasteiger partial charge in [-0.15, -0.1) is 0 Å². The third-order valence-electron chi connectivity index (χ3n) is 5.01.